The molecule has 3 heterocycles. The van der Waals surface area contributed by atoms with Gasteiger partial charge in [0.15, 0.2) is 4.80 Å². The molecule has 1 aliphatic rings. The molecule has 0 saturated carbocycles. The summed E-state index contributed by atoms with van der Waals surface area (Å²) in [5, 5.41) is 0. The minimum Gasteiger partial charge on any atom is -0.457 e. The molecule has 134 valence electrons. The lowest BCUT2D eigenvalue weighted by molar-refractivity contribution is -0.137. The van der Waals surface area contributed by atoms with Crippen molar-refractivity contribution in [3.05, 3.63) is 67.4 Å². The third kappa shape index (κ3) is 3.12. The van der Waals surface area contributed by atoms with E-state index in [1.54, 1.807) is 28.8 Å². The first kappa shape index (κ1) is 16.8. The van der Waals surface area contributed by atoms with E-state index in [0.717, 1.165) is 18.6 Å². The molecular weight excluding hydrogens is 365 g/mol. The Kier molecular flexibility index (Phi) is 4.07. The van der Waals surface area contributed by atoms with Crippen molar-refractivity contribution in [3.8, 4) is 11.3 Å². The topological polar surface area (TPSA) is 47.5 Å². The molecule has 0 atom stereocenters. The normalized spacial score (nSPS) is 15.0. The van der Waals surface area contributed by atoms with E-state index in [0.29, 0.717) is 39.5 Å². The van der Waals surface area contributed by atoms with Crippen LogP contribution in [0.5, 0.6) is 0 Å². The van der Waals surface area contributed by atoms with E-state index >= 15 is 0 Å². The van der Waals surface area contributed by atoms with Gasteiger partial charge in [-0.1, -0.05) is 23.5 Å². The van der Waals surface area contributed by atoms with Gasteiger partial charge in [-0.25, -0.2) is 0 Å². The second-order valence-corrected chi connectivity index (χ2v) is 6.87. The van der Waals surface area contributed by atoms with E-state index in [4.69, 9.17) is 4.42 Å². The maximum atomic E-state index is 12.9. The second-order valence-electron chi connectivity index (χ2n) is 5.87. The molecule has 26 heavy (non-hydrogen) atoms. The van der Waals surface area contributed by atoms with Crippen LogP contribution in [0.25, 0.3) is 17.4 Å². The van der Waals surface area contributed by atoms with Gasteiger partial charge in [-0.15, -0.1) is 0 Å². The minimum absolute atomic E-state index is 0.120. The highest BCUT2D eigenvalue weighted by atomic mass is 32.1. The molecule has 0 fully saturated rings. The average molecular weight is 378 g/mol. The summed E-state index contributed by atoms with van der Waals surface area (Å²) in [6.45, 7) is 1.36. The van der Waals surface area contributed by atoms with Crippen molar-refractivity contribution >= 4 is 17.4 Å². The van der Waals surface area contributed by atoms with Crippen molar-refractivity contribution in [3.63, 3.8) is 0 Å². The Bertz CT molecular complexity index is 1140. The predicted molar refractivity (Wildman–Crippen MR) is 91.6 cm³/mol. The van der Waals surface area contributed by atoms with Crippen LogP contribution in [-0.2, 0) is 12.7 Å². The largest absolute Gasteiger partial charge is 0.457 e. The van der Waals surface area contributed by atoms with E-state index in [2.05, 4.69) is 4.99 Å². The summed E-state index contributed by atoms with van der Waals surface area (Å²) in [6.07, 6.45) is -1.97. The Morgan fingerprint density at radius 3 is 2.85 bits per heavy atom. The Morgan fingerprint density at radius 1 is 1.23 bits per heavy atom. The number of hydrogen-bond acceptors (Lipinski definition) is 4. The minimum atomic E-state index is -4.41. The molecule has 0 spiro atoms. The first-order valence-electron chi connectivity index (χ1n) is 7.95. The number of furan rings is 1. The Labute approximate surface area is 149 Å². The summed E-state index contributed by atoms with van der Waals surface area (Å²) in [4.78, 5) is 17.4. The molecule has 4 rings (SSSR count). The molecule has 1 aliphatic heterocycles. The smallest absolute Gasteiger partial charge is 0.416 e. The maximum absolute atomic E-state index is 12.9. The van der Waals surface area contributed by atoms with Crippen LogP contribution in [0.4, 0.5) is 13.2 Å². The number of fused-ring (bicyclic) bond motifs is 1. The predicted octanol–water partition coefficient (Wildman–Crippen LogP) is 3.04. The number of alkyl halides is 3. The van der Waals surface area contributed by atoms with Crippen molar-refractivity contribution < 1.29 is 17.6 Å². The van der Waals surface area contributed by atoms with Crippen molar-refractivity contribution in [2.24, 2.45) is 4.99 Å². The van der Waals surface area contributed by atoms with Crippen LogP contribution in [0.3, 0.4) is 0 Å². The zero-order chi connectivity index (χ0) is 18.3. The van der Waals surface area contributed by atoms with Crippen LogP contribution in [0, 0.1) is 0 Å². The fourth-order valence-electron chi connectivity index (χ4n) is 2.79. The third-order valence-electron chi connectivity index (χ3n) is 4.05. The van der Waals surface area contributed by atoms with Gasteiger partial charge in [-0.3, -0.25) is 14.4 Å². The summed E-state index contributed by atoms with van der Waals surface area (Å²) in [5.41, 5.74) is -0.523. The highest BCUT2D eigenvalue weighted by molar-refractivity contribution is 7.07. The number of rotatable bonds is 2. The lowest BCUT2D eigenvalue weighted by Gasteiger charge is -2.07. The van der Waals surface area contributed by atoms with Crippen molar-refractivity contribution in [2.75, 3.05) is 6.54 Å². The molecule has 0 radical (unpaired) electrons. The van der Waals surface area contributed by atoms with Gasteiger partial charge < -0.3 is 4.42 Å². The van der Waals surface area contributed by atoms with Gasteiger partial charge in [0.25, 0.3) is 5.56 Å². The van der Waals surface area contributed by atoms with Crippen LogP contribution in [-0.4, -0.2) is 11.1 Å². The van der Waals surface area contributed by atoms with E-state index in [-0.39, 0.29) is 5.56 Å². The molecule has 0 unspecified atom stereocenters. The summed E-state index contributed by atoms with van der Waals surface area (Å²) in [6, 6.07) is 8.17. The zero-order valence-electron chi connectivity index (χ0n) is 13.4. The molecule has 0 aliphatic carbocycles. The molecule has 1 aromatic carbocycles. The first-order valence-corrected chi connectivity index (χ1v) is 8.77. The molecular formula is C18H13F3N2O2S. The van der Waals surface area contributed by atoms with Gasteiger partial charge >= 0.3 is 6.18 Å². The highest BCUT2D eigenvalue weighted by Crippen LogP contribution is 2.32. The molecule has 4 nitrogen and oxygen atoms in total. The second kappa shape index (κ2) is 6.28. The van der Waals surface area contributed by atoms with Crippen LogP contribution >= 0.6 is 11.3 Å². The number of hydrogen-bond donors (Lipinski definition) is 0. The van der Waals surface area contributed by atoms with Gasteiger partial charge in [-0.05, 0) is 30.7 Å². The number of thiazole rings is 1. The van der Waals surface area contributed by atoms with E-state index in [1.807, 2.05) is 0 Å². The monoisotopic (exact) mass is 378 g/mol. The Morgan fingerprint density at radius 2 is 2.08 bits per heavy atom. The standard InChI is InChI=1S/C18H13F3N2O2S/c19-18(20,21)12-4-1-3-11(9-12)14-6-5-13(25-14)10-15-16(24)23-8-2-7-22-17(23)26-15/h1,3-6,9-10H,2,7-8H2/b15-10-. The van der Waals surface area contributed by atoms with Crippen LogP contribution in [0.15, 0.2) is 50.6 Å². The summed E-state index contributed by atoms with van der Waals surface area (Å²) in [7, 11) is 0. The highest BCUT2D eigenvalue weighted by Gasteiger charge is 2.30. The summed E-state index contributed by atoms with van der Waals surface area (Å²) < 4.78 is 46.3. The molecule has 3 aromatic rings. The quantitative estimate of drug-likeness (QED) is 0.688. The lowest BCUT2D eigenvalue weighted by atomic mass is 10.1. The Hall–Kier alpha value is -2.61. The Balaban J connectivity index is 1.72. The molecule has 0 saturated heterocycles. The lowest BCUT2D eigenvalue weighted by Crippen LogP contribution is -2.33. The third-order valence-corrected chi connectivity index (χ3v) is 5.09. The van der Waals surface area contributed by atoms with Crippen molar-refractivity contribution in [2.45, 2.75) is 19.1 Å². The molecule has 8 heteroatoms. The molecule has 0 N–H and O–H groups in total. The van der Waals surface area contributed by atoms with Gasteiger partial charge in [-0.2, -0.15) is 13.2 Å². The van der Waals surface area contributed by atoms with E-state index in [9.17, 15) is 18.0 Å². The van der Waals surface area contributed by atoms with Crippen LogP contribution < -0.4 is 14.9 Å². The van der Waals surface area contributed by atoms with Crippen molar-refractivity contribution in [1.82, 2.24) is 4.57 Å². The SMILES string of the molecule is O=c1/c(=C/c2ccc(-c3cccc(C(F)(F)F)c3)o2)sc2n1CCCN=2. The van der Waals surface area contributed by atoms with Gasteiger partial charge in [0.2, 0.25) is 0 Å². The van der Waals surface area contributed by atoms with E-state index < -0.39 is 11.7 Å². The van der Waals surface area contributed by atoms with Gasteiger partial charge in [0.05, 0.1) is 10.1 Å². The molecule has 0 amide bonds. The van der Waals surface area contributed by atoms with Gasteiger partial charge in [0, 0.05) is 24.7 Å². The van der Waals surface area contributed by atoms with Crippen LogP contribution in [0.1, 0.15) is 17.7 Å². The van der Waals surface area contributed by atoms with Crippen molar-refractivity contribution in [1.29, 1.82) is 0 Å². The fraction of sp³-hybridized carbons (Fsp3) is 0.222. The summed E-state index contributed by atoms with van der Waals surface area (Å²) in [5.74, 6) is 0.724. The van der Waals surface area contributed by atoms with Crippen LogP contribution in [0.2, 0.25) is 0 Å². The number of nitrogens with zero attached hydrogens (tertiary/aromatic N) is 2. The maximum Gasteiger partial charge on any atom is 0.416 e. The van der Waals surface area contributed by atoms with E-state index in [1.165, 1.54) is 17.4 Å². The first-order chi connectivity index (χ1) is 12.4. The average Bonchev–Trinajstić information content (AvgIpc) is 3.20. The number of aromatic nitrogens is 1. The molecule has 0 bridgehead atoms. The van der Waals surface area contributed by atoms with Gasteiger partial charge in [0.1, 0.15) is 11.5 Å². The number of benzene rings is 1. The zero-order valence-corrected chi connectivity index (χ0v) is 14.2. The fourth-order valence-corrected chi connectivity index (χ4v) is 3.80. The summed E-state index contributed by atoms with van der Waals surface area (Å²) >= 11 is 1.29. The molecule has 2 aromatic heterocycles. The number of halogens is 3.